The van der Waals surface area contributed by atoms with Crippen LogP contribution in [0.2, 0.25) is 0 Å². The number of thiophene rings is 1. The Hall–Kier alpha value is -1.36. The molecule has 4 nitrogen and oxygen atoms in total. The number of hydrogen-bond acceptors (Lipinski definition) is 3. The van der Waals surface area contributed by atoms with E-state index in [1.165, 1.54) is 6.42 Å². The molecule has 1 N–H and O–H groups in total. The van der Waals surface area contributed by atoms with Crippen molar-refractivity contribution in [2.45, 2.75) is 26.2 Å². The number of amides is 2. The van der Waals surface area contributed by atoms with Crippen molar-refractivity contribution in [3.05, 3.63) is 22.4 Å². The molecule has 0 radical (unpaired) electrons. The van der Waals surface area contributed by atoms with E-state index in [4.69, 9.17) is 0 Å². The van der Waals surface area contributed by atoms with Gasteiger partial charge in [-0.15, -0.1) is 11.3 Å². The predicted octanol–water partition coefficient (Wildman–Crippen LogP) is 1.67. The molecule has 2 rings (SSSR count). The highest BCUT2D eigenvalue weighted by molar-refractivity contribution is 7.10. The summed E-state index contributed by atoms with van der Waals surface area (Å²) in [5.74, 6) is 0.520. The van der Waals surface area contributed by atoms with E-state index < -0.39 is 0 Å². The fourth-order valence-electron chi connectivity index (χ4n) is 2.34. The standard InChI is InChI=1S/C14H20N2O2S/c1-11-4-2-6-16(10-11)14(18)9-15-13(17)8-12-5-3-7-19-12/h3,5,7,11H,2,4,6,8-10H2,1H3,(H,15,17). The molecular formula is C14H20N2O2S. The summed E-state index contributed by atoms with van der Waals surface area (Å²) in [6.07, 6.45) is 2.62. The number of nitrogens with zero attached hydrogens (tertiary/aromatic N) is 1. The van der Waals surface area contributed by atoms with Gasteiger partial charge in [-0.3, -0.25) is 9.59 Å². The molecule has 19 heavy (non-hydrogen) atoms. The summed E-state index contributed by atoms with van der Waals surface area (Å²) in [5, 5.41) is 4.66. The highest BCUT2D eigenvalue weighted by atomic mass is 32.1. The second-order valence-corrected chi connectivity index (χ2v) is 6.15. The van der Waals surface area contributed by atoms with Gasteiger partial charge in [-0.2, -0.15) is 0 Å². The fraction of sp³-hybridized carbons (Fsp3) is 0.571. The summed E-state index contributed by atoms with van der Waals surface area (Å²) < 4.78 is 0. The van der Waals surface area contributed by atoms with Crippen molar-refractivity contribution in [1.82, 2.24) is 10.2 Å². The Morgan fingerprint density at radius 3 is 3.05 bits per heavy atom. The van der Waals surface area contributed by atoms with E-state index in [1.807, 2.05) is 22.4 Å². The minimum atomic E-state index is -0.0825. The minimum Gasteiger partial charge on any atom is -0.347 e. The van der Waals surface area contributed by atoms with E-state index in [-0.39, 0.29) is 18.4 Å². The first-order valence-electron chi connectivity index (χ1n) is 6.72. The summed E-state index contributed by atoms with van der Waals surface area (Å²) >= 11 is 1.56. The lowest BCUT2D eigenvalue weighted by molar-refractivity contribution is -0.134. The number of nitrogens with one attached hydrogen (secondary N) is 1. The van der Waals surface area contributed by atoms with Gasteiger partial charge in [0.25, 0.3) is 0 Å². The van der Waals surface area contributed by atoms with Crippen LogP contribution in [0.4, 0.5) is 0 Å². The quantitative estimate of drug-likeness (QED) is 0.912. The number of hydrogen-bond donors (Lipinski definition) is 1. The monoisotopic (exact) mass is 280 g/mol. The molecule has 5 heteroatoms. The summed E-state index contributed by atoms with van der Waals surface area (Å²) in [6, 6.07) is 3.85. The van der Waals surface area contributed by atoms with Gasteiger partial charge in [-0.25, -0.2) is 0 Å². The SMILES string of the molecule is CC1CCCN(C(=O)CNC(=O)Cc2cccs2)C1. The minimum absolute atomic E-state index is 0.0334. The van der Waals surface area contributed by atoms with Crippen LogP contribution >= 0.6 is 11.3 Å². The van der Waals surface area contributed by atoms with E-state index >= 15 is 0 Å². The van der Waals surface area contributed by atoms with Gasteiger partial charge in [-0.1, -0.05) is 13.0 Å². The molecule has 2 amide bonds. The molecule has 1 aromatic rings. The Labute approximate surface area is 117 Å². The number of piperidine rings is 1. The molecule has 0 saturated carbocycles. The zero-order chi connectivity index (χ0) is 13.7. The van der Waals surface area contributed by atoms with Gasteiger partial charge in [0.15, 0.2) is 0 Å². The second kappa shape index (κ2) is 6.70. The molecule has 0 bridgehead atoms. The van der Waals surface area contributed by atoms with Crippen LogP contribution in [0.15, 0.2) is 17.5 Å². The zero-order valence-corrected chi connectivity index (χ0v) is 12.0. The van der Waals surface area contributed by atoms with Crippen molar-refractivity contribution in [2.75, 3.05) is 19.6 Å². The molecule has 0 aromatic carbocycles. The molecule has 1 aliphatic heterocycles. The van der Waals surface area contributed by atoms with Crippen molar-refractivity contribution in [3.63, 3.8) is 0 Å². The first-order chi connectivity index (χ1) is 9.15. The van der Waals surface area contributed by atoms with Crippen molar-refractivity contribution >= 4 is 23.2 Å². The van der Waals surface area contributed by atoms with Crippen LogP contribution in [0.25, 0.3) is 0 Å². The highest BCUT2D eigenvalue weighted by Crippen LogP contribution is 2.15. The zero-order valence-electron chi connectivity index (χ0n) is 11.2. The van der Waals surface area contributed by atoms with Crippen LogP contribution in [0.1, 0.15) is 24.6 Å². The summed E-state index contributed by atoms with van der Waals surface area (Å²) in [7, 11) is 0. The smallest absolute Gasteiger partial charge is 0.241 e. The molecule has 1 fully saturated rings. The topological polar surface area (TPSA) is 49.4 Å². The number of carbonyl (C=O) groups is 2. The molecule has 1 atom stereocenters. The molecule has 1 saturated heterocycles. The van der Waals surface area contributed by atoms with E-state index in [2.05, 4.69) is 12.2 Å². The molecule has 1 aliphatic rings. The number of likely N-dealkylation sites (tertiary alicyclic amines) is 1. The average molecular weight is 280 g/mol. The number of carbonyl (C=O) groups excluding carboxylic acids is 2. The summed E-state index contributed by atoms with van der Waals surface area (Å²) in [4.78, 5) is 26.5. The molecule has 2 heterocycles. The van der Waals surface area contributed by atoms with Gasteiger partial charge in [-0.05, 0) is 30.2 Å². The van der Waals surface area contributed by atoms with Gasteiger partial charge in [0, 0.05) is 18.0 Å². The lowest BCUT2D eigenvalue weighted by atomic mass is 10.0. The third-order valence-corrected chi connectivity index (χ3v) is 4.24. The fourth-order valence-corrected chi connectivity index (χ4v) is 3.04. The Kier molecular flexibility index (Phi) is 4.96. The maximum absolute atomic E-state index is 12.0. The second-order valence-electron chi connectivity index (χ2n) is 5.12. The van der Waals surface area contributed by atoms with E-state index in [9.17, 15) is 9.59 Å². The third kappa shape index (κ3) is 4.35. The molecule has 1 aromatic heterocycles. The molecule has 0 spiro atoms. The molecule has 104 valence electrons. The van der Waals surface area contributed by atoms with Crippen LogP contribution in [-0.2, 0) is 16.0 Å². The van der Waals surface area contributed by atoms with Crippen LogP contribution in [0.5, 0.6) is 0 Å². The first kappa shape index (κ1) is 14.1. The summed E-state index contributed by atoms with van der Waals surface area (Å²) in [6.45, 7) is 3.93. The van der Waals surface area contributed by atoms with Gasteiger partial charge >= 0.3 is 0 Å². The largest absolute Gasteiger partial charge is 0.347 e. The van der Waals surface area contributed by atoms with Crippen LogP contribution in [0, 0.1) is 5.92 Å². The Balaban J connectivity index is 1.72. The maximum Gasteiger partial charge on any atom is 0.241 e. The van der Waals surface area contributed by atoms with Crippen molar-refractivity contribution < 1.29 is 9.59 Å². The van der Waals surface area contributed by atoms with Gasteiger partial charge < -0.3 is 10.2 Å². The number of rotatable bonds is 4. The van der Waals surface area contributed by atoms with Crippen LogP contribution in [-0.4, -0.2) is 36.3 Å². The normalized spacial score (nSPS) is 19.2. The Morgan fingerprint density at radius 2 is 2.37 bits per heavy atom. The molecular weight excluding hydrogens is 260 g/mol. The van der Waals surface area contributed by atoms with Crippen molar-refractivity contribution in [3.8, 4) is 0 Å². The first-order valence-corrected chi connectivity index (χ1v) is 7.60. The van der Waals surface area contributed by atoms with Gasteiger partial charge in [0.2, 0.25) is 11.8 Å². The summed E-state index contributed by atoms with van der Waals surface area (Å²) in [5.41, 5.74) is 0. The van der Waals surface area contributed by atoms with Gasteiger partial charge in [0.05, 0.1) is 13.0 Å². The third-order valence-electron chi connectivity index (χ3n) is 3.36. The Bertz CT molecular complexity index is 431. The molecule has 0 aliphatic carbocycles. The maximum atomic E-state index is 12.0. The molecule has 1 unspecified atom stereocenters. The van der Waals surface area contributed by atoms with Gasteiger partial charge in [0.1, 0.15) is 0 Å². The average Bonchev–Trinajstić information content (AvgIpc) is 2.88. The van der Waals surface area contributed by atoms with Crippen molar-refractivity contribution in [2.24, 2.45) is 5.92 Å². The lowest BCUT2D eigenvalue weighted by Gasteiger charge is -2.31. The highest BCUT2D eigenvalue weighted by Gasteiger charge is 2.20. The lowest BCUT2D eigenvalue weighted by Crippen LogP contribution is -2.44. The van der Waals surface area contributed by atoms with E-state index in [0.29, 0.717) is 12.3 Å². The predicted molar refractivity (Wildman–Crippen MR) is 76.0 cm³/mol. The Morgan fingerprint density at radius 1 is 1.53 bits per heavy atom. The van der Waals surface area contributed by atoms with E-state index in [0.717, 1.165) is 24.4 Å². The van der Waals surface area contributed by atoms with Crippen LogP contribution in [0.3, 0.4) is 0 Å². The van der Waals surface area contributed by atoms with E-state index in [1.54, 1.807) is 11.3 Å². The van der Waals surface area contributed by atoms with Crippen molar-refractivity contribution in [1.29, 1.82) is 0 Å². The van der Waals surface area contributed by atoms with Crippen LogP contribution < -0.4 is 5.32 Å².